The van der Waals surface area contributed by atoms with Crippen LogP contribution in [-0.4, -0.2) is 15.3 Å². The van der Waals surface area contributed by atoms with Crippen LogP contribution in [-0.2, 0) is 7.05 Å². The van der Waals surface area contributed by atoms with Crippen LogP contribution in [0.4, 0.5) is 0 Å². The monoisotopic (exact) mass is 308 g/mol. The zero-order valence-corrected chi connectivity index (χ0v) is 13.0. The molecule has 1 atom stereocenters. The van der Waals surface area contributed by atoms with Gasteiger partial charge in [-0.25, -0.2) is 4.98 Å². The molecule has 0 spiro atoms. The van der Waals surface area contributed by atoms with Gasteiger partial charge in [-0.15, -0.1) is 0 Å². The third kappa shape index (κ3) is 3.12. The van der Waals surface area contributed by atoms with Crippen molar-refractivity contribution in [2.45, 2.75) is 10.4 Å². The molecular weight excluding hydrogens is 292 g/mol. The maximum atomic E-state index is 12.9. The molecule has 0 amide bonds. The van der Waals surface area contributed by atoms with Crippen molar-refractivity contribution < 1.29 is 4.79 Å². The van der Waals surface area contributed by atoms with Crippen LogP contribution in [0.25, 0.3) is 0 Å². The summed E-state index contributed by atoms with van der Waals surface area (Å²) in [6, 6.07) is 19.3. The smallest absolute Gasteiger partial charge is 0.180 e. The van der Waals surface area contributed by atoms with Gasteiger partial charge in [0.1, 0.15) is 5.25 Å². The molecule has 22 heavy (non-hydrogen) atoms. The van der Waals surface area contributed by atoms with Crippen molar-refractivity contribution in [3.8, 4) is 0 Å². The highest BCUT2D eigenvalue weighted by atomic mass is 32.2. The van der Waals surface area contributed by atoms with Gasteiger partial charge in [-0.2, -0.15) is 0 Å². The first kappa shape index (κ1) is 14.6. The van der Waals surface area contributed by atoms with Crippen molar-refractivity contribution >= 4 is 17.5 Å². The Bertz CT molecular complexity index is 753. The number of rotatable bonds is 5. The van der Waals surface area contributed by atoms with Gasteiger partial charge in [0.05, 0.1) is 0 Å². The van der Waals surface area contributed by atoms with E-state index >= 15 is 0 Å². The summed E-state index contributed by atoms with van der Waals surface area (Å²) < 4.78 is 1.93. The van der Waals surface area contributed by atoms with Gasteiger partial charge in [-0.3, -0.25) is 4.79 Å². The summed E-state index contributed by atoms with van der Waals surface area (Å²) >= 11 is 1.48. The Labute approximate surface area is 134 Å². The summed E-state index contributed by atoms with van der Waals surface area (Å²) in [5.41, 5.74) is 1.71. The zero-order chi connectivity index (χ0) is 15.4. The summed E-state index contributed by atoms with van der Waals surface area (Å²) in [4.78, 5) is 17.3. The summed E-state index contributed by atoms with van der Waals surface area (Å²) in [6.07, 6.45) is 3.63. The molecule has 0 aliphatic rings. The first-order chi connectivity index (χ1) is 10.8. The van der Waals surface area contributed by atoms with Gasteiger partial charge in [0, 0.05) is 25.0 Å². The van der Waals surface area contributed by atoms with Gasteiger partial charge in [0.2, 0.25) is 0 Å². The minimum absolute atomic E-state index is 0.0970. The van der Waals surface area contributed by atoms with Crippen molar-refractivity contribution in [2.75, 3.05) is 0 Å². The Morgan fingerprint density at radius 2 is 1.68 bits per heavy atom. The molecule has 0 aliphatic heterocycles. The topological polar surface area (TPSA) is 34.9 Å². The highest BCUT2D eigenvalue weighted by Gasteiger charge is 2.24. The van der Waals surface area contributed by atoms with Crippen molar-refractivity contribution in [2.24, 2.45) is 7.05 Å². The van der Waals surface area contributed by atoms with E-state index in [1.165, 1.54) is 11.8 Å². The number of aromatic nitrogens is 2. The number of benzene rings is 2. The van der Waals surface area contributed by atoms with Crippen molar-refractivity contribution in [3.05, 3.63) is 84.2 Å². The predicted molar refractivity (Wildman–Crippen MR) is 89.0 cm³/mol. The van der Waals surface area contributed by atoms with Gasteiger partial charge in [0.15, 0.2) is 10.9 Å². The van der Waals surface area contributed by atoms with E-state index < -0.39 is 0 Å². The largest absolute Gasteiger partial charge is 0.329 e. The molecular formula is C18H16N2OS. The van der Waals surface area contributed by atoms with E-state index in [1.807, 2.05) is 78.5 Å². The van der Waals surface area contributed by atoms with Crippen LogP contribution in [0.15, 0.2) is 78.2 Å². The van der Waals surface area contributed by atoms with Crippen LogP contribution >= 0.6 is 11.8 Å². The SMILES string of the molecule is Cn1ccnc1SC(C(=O)c1ccccc1)c1ccccc1. The maximum absolute atomic E-state index is 12.9. The lowest BCUT2D eigenvalue weighted by Gasteiger charge is -2.15. The number of hydrogen-bond acceptors (Lipinski definition) is 3. The molecule has 110 valence electrons. The van der Waals surface area contributed by atoms with Crippen LogP contribution in [0.5, 0.6) is 0 Å². The summed E-state index contributed by atoms with van der Waals surface area (Å²) in [6.45, 7) is 0. The van der Waals surface area contributed by atoms with Crippen molar-refractivity contribution in [3.63, 3.8) is 0 Å². The van der Waals surface area contributed by atoms with Crippen LogP contribution < -0.4 is 0 Å². The number of thioether (sulfide) groups is 1. The van der Waals surface area contributed by atoms with Crippen LogP contribution in [0.1, 0.15) is 21.2 Å². The second kappa shape index (κ2) is 6.62. The number of Topliss-reactive ketones (excluding diaryl/α,β-unsaturated/α-hetero) is 1. The molecule has 4 heteroatoms. The molecule has 0 bridgehead atoms. The second-order valence-corrected chi connectivity index (χ2v) is 6.03. The number of hydrogen-bond donors (Lipinski definition) is 0. The zero-order valence-electron chi connectivity index (χ0n) is 12.2. The van der Waals surface area contributed by atoms with E-state index in [1.54, 1.807) is 6.20 Å². The Balaban J connectivity index is 1.96. The number of ketones is 1. The average molecular weight is 308 g/mol. The minimum Gasteiger partial charge on any atom is -0.329 e. The van der Waals surface area contributed by atoms with E-state index in [0.29, 0.717) is 0 Å². The third-order valence-corrected chi connectivity index (χ3v) is 4.73. The number of imidazole rings is 1. The van der Waals surface area contributed by atoms with Gasteiger partial charge in [0.25, 0.3) is 0 Å². The summed E-state index contributed by atoms with van der Waals surface area (Å²) in [7, 11) is 1.93. The molecule has 0 fully saturated rings. The van der Waals surface area contributed by atoms with E-state index in [2.05, 4.69) is 4.98 Å². The van der Waals surface area contributed by atoms with E-state index in [4.69, 9.17) is 0 Å². The number of carbonyl (C=O) groups excluding carboxylic acids is 1. The molecule has 0 saturated carbocycles. The molecule has 0 aliphatic carbocycles. The summed E-state index contributed by atoms with van der Waals surface area (Å²) in [5.74, 6) is 0.0970. The number of aryl methyl sites for hydroxylation is 1. The molecule has 0 N–H and O–H groups in total. The molecule has 0 radical (unpaired) electrons. The van der Waals surface area contributed by atoms with E-state index in [0.717, 1.165) is 16.3 Å². The molecule has 3 rings (SSSR count). The quantitative estimate of drug-likeness (QED) is 0.525. The van der Waals surface area contributed by atoms with E-state index in [-0.39, 0.29) is 11.0 Å². The lowest BCUT2D eigenvalue weighted by molar-refractivity contribution is 0.0989. The highest BCUT2D eigenvalue weighted by molar-refractivity contribution is 8.00. The van der Waals surface area contributed by atoms with Crippen molar-refractivity contribution in [1.82, 2.24) is 9.55 Å². The standard InChI is InChI=1S/C18H16N2OS/c1-20-13-12-19-18(20)22-17(15-10-6-3-7-11-15)16(21)14-8-4-2-5-9-14/h2-13,17H,1H3. The van der Waals surface area contributed by atoms with Crippen LogP contribution in [0.2, 0.25) is 0 Å². The molecule has 3 nitrogen and oxygen atoms in total. The molecule has 0 saturated heterocycles. The lowest BCUT2D eigenvalue weighted by atomic mass is 10.0. The molecule has 2 aromatic carbocycles. The fraction of sp³-hybridized carbons (Fsp3) is 0.111. The second-order valence-electron chi connectivity index (χ2n) is 4.96. The Morgan fingerprint density at radius 1 is 1.05 bits per heavy atom. The number of carbonyl (C=O) groups is 1. The fourth-order valence-electron chi connectivity index (χ4n) is 2.23. The normalized spacial score (nSPS) is 12.0. The first-order valence-electron chi connectivity index (χ1n) is 7.04. The van der Waals surface area contributed by atoms with Gasteiger partial charge in [-0.1, -0.05) is 72.4 Å². The molecule has 1 aromatic heterocycles. The summed E-state index contributed by atoms with van der Waals surface area (Å²) in [5, 5.41) is 0.530. The Kier molecular flexibility index (Phi) is 4.39. The van der Waals surface area contributed by atoms with Crippen LogP contribution in [0.3, 0.4) is 0 Å². The molecule has 3 aromatic rings. The van der Waals surface area contributed by atoms with Gasteiger partial charge < -0.3 is 4.57 Å². The van der Waals surface area contributed by atoms with Crippen molar-refractivity contribution in [1.29, 1.82) is 0 Å². The first-order valence-corrected chi connectivity index (χ1v) is 7.92. The maximum Gasteiger partial charge on any atom is 0.180 e. The Morgan fingerprint density at radius 3 is 2.27 bits per heavy atom. The van der Waals surface area contributed by atoms with Gasteiger partial charge >= 0.3 is 0 Å². The molecule has 1 heterocycles. The van der Waals surface area contributed by atoms with Gasteiger partial charge in [-0.05, 0) is 5.56 Å². The van der Waals surface area contributed by atoms with Crippen LogP contribution in [0, 0.1) is 0 Å². The highest BCUT2D eigenvalue weighted by Crippen LogP contribution is 2.36. The minimum atomic E-state index is -0.301. The fourth-order valence-corrected chi connectivity index (χ4v) is 3.32. The average Bonchev–Trinajstić information content (AvgIpc) is 2.98. The predicted octanol–water partition coefficient (Wildman–Crippen LogP) is 4.14. The molecule has 1 unspecified atom stereocenters. The Hall–Kier alpha value is -2.33. The number of nitrogens with zero attached hydrogens (tertiary/aromatic N) is 2. The lowest BCUT2D eigenvalue weighted by Crippen LogP contribution is -2.10. The third-order valence-electron chi connectivity index (χ3n) is 3.40. The van der Waals surface area contributed by atoms with E-state index in [9.17, 15) is 4.79 Å².